The fourth-order valence-electron chi connectivity index (χ4n) is 3.02. The Balaban J connectivity index is 2.25. The van der Waals surface area contributed by atoms with Gasteiger partial charge in [-0.05, 0) is 49.0 Å². The van der Waals surface area contributed by atoms with Gasteiger partial charge in [-0.2, -0.15) is 0 Å². The molecular weight excluding hydrogens is 262 g/mol. The number of hydrogen-bond donors (Lipinski definition) is 0. The molecule has 0 aliphatic heterocycles. The fourth-order valence-corrected chi connectivity index (χ4v) is 3.02. The van der Waals surface area contributed by atoms with Crippen molar-refractivity contribution in [2.45, 2.75) is 0 Å². The van der Waals surface area contributed by atoms with Crippen LogP contribution < -0.4 is 0 Å². The van der Waals surface area contributed by atoms with Crippen LogP contribution in [0.1, 0.15) is 10.4 Å². The third kappa shape index (κ3) is 1.57. The molecule has 4 heteroatoms. The van der Waals surface area contributed by atoms with Crippen LogP contribution in [0.3, 0.4) is 0 Å². The molecule has 0 N–H and O–H groups in total. The van der Waals surface area contributed by atoms with Crippen LogP contribution in [-0.4, -0.2) is 5.91 Å². The molecule has 0 spiro atoms. The largest absolute Gasteiger partial charge is 0.287 e. The van der Waals surface area contributed by atoms with Gasteiger partial charge in [0.15, 0.2) is 0 Å². The molecule has 1 amide bonds. The van der Waals surface area contributed by atoms with Gasteiger partial charge in [0.25, 0.3) is 0 Å². The summed E-state index contributed by atoms with van der Waals surface area (Å²) in [6, 6.07) is 17.8. The number of rotatable bonds is 1. The van der Waals surface area contributed by atoms with E-state index in [1.165, 1.54) is 0 Å². The van der Waals surface area contributed by atoms with Crippen LogP contribution in [0.2, 0.25) is 0 Å². The van der Waals surface area contributed by atoms with E-state index < -0.39 is 5.91 Å². The zero-order valence-electron chi connectivity index (χ0n) is 10.9. The van der Waals surface area contributed by atoms with Crippen molar-refractivity contribution in [1.29, 1.82) is 0 Å². The SMILES string of the molecule is [N-]=[N+]=NC(=O)c1ccc2ccc3cccc4ccc1c2c34. The first-order chi connectivity index (χ1) is 10.3. The van der Waals surface area contributed by atoms with Crippen molar-refractivity contribution in [2.24, 2.45) is 5.11 Å². The number of hydrogen-bond acceptors (Lipinski definition) is 1. The zero-order chi connectivity index (χ0) is 14.4. The quantitative estimate of drug-likeness (QED) is 0.207. The van der Waals surface area contributed by atoms with Gasteiger partial charge < -0.3 is 0 Å². The Hall–Kier alpha value is -3.10. The molecule has 0 saturated carbocycles. The summed E-state index contributed by atoms with van der Waals surface area (Å²) in [6.07, 6.45) is 0. The Labute approximate surface area is 119 Å². The highest BCUT2D eigenvalue weighted by atomic mass is 16.1. The molecule has 0 aromatic heterocycles. The fraction of sp³-hybridized carbons (Fsp3) is 0. The molecule has 4 nitrogen and oxygen atoms in total. The van der Waals surface area contributed by atoms with Crippen LogP contribution in [0.5, 0.6) is 0 Å². The number of benzene rings is 4. The Bertz CT molecular complexity index is 1050. The van der Waals surface area contributed by atoms with Gasteiger partial charge in [0.05, 0.1) is 0 Å². The minimum atomic E-state index is -0.546. The third-order valence-corrected chi connectivity index (χ3v) is 3.89. The first-order valence-electron chi connectivity index (χ1n) is 6.55. The Morgan fingerprint density at radius 3 is 2.19 bits per heavy atom. The van der Waals surface area contributed by atoms with E-state index in [0.717, 1.165) is 32.3 Å². The standard InChI is InChI=1S/C17H9N3O/c18-20-19-17(21)14-9-7-12-5-4-10-2-1-3-11-6-8-13(14)16(12)15(10)11/h1-9H. The van der Waals surface area contributed by atoms with E-state index in [1.807, 2.05) is 30.3 Å². The number of azide groups is 1. The molecule has 98 valence electrons. The van der Waals surface area contributed by atoms with Gasteiger partial charge in [0, 0.05) is 10.5 Å². The lowest BCUT2D eigenvalue weighted by atomic mass is 9.92. The molecule has 4 aromatic carbocycles. The minimum absolute atomic E-state index is 0.443. The summed E-state index contributed by atoms with van der Waals surface area (Å²) >= 11 is 0. The zero-order valence-corrected chi connectivity index (χ0v) is 10.9. The molecule has 0 saturated heterocycles. The van der Waals surface area contributed by atoms with Crippen LogP contribution in [0.4, 0.5) is 0 Å². The summed E-state index contributed by atoms with van der Waals surface area (Å²) in [5.41, 5.74) is 8.92. The lowest BCUT2D eigenvalue weighted by Crippen LogP contribution is -1.96. The van der Waals surface area contributed by atoms with Gasteiger partial charge >= 0.3 is 0 Å². The monoisotopic (exact) mass is 271 g/mol. The second kappa shape index (κ2) is 4.20. The highest BCUT2D eigenvalue weighted by Crippen LogP contribution is 2.35. The number of carbonyl (C=O) groups excluding carboxylic acids is 1. The van der Waals surface area contributed by atoms with E-state index in [1.54, 1.807) is 6.07 Å². The van der Waals surface area contributed by atoms with Gasteiger partial charge in [0.1, 0.15) is 0 Å². The predicted molar refractivity (Wildman–Crippen MR) is 83.6 cm³/mol. The van der Waals surface area contributed by atoms with Gasteiger partial charge in [-0.3, -0.25) is 4.79 Å². The van der Waals surface area contributed by atoms with Gasteiger partial charge in [-0.25, -0.2) is 0 Å². The highest BCUT2D eigenvalue weighted by molar-refractivity contribution is 6.26. The highest BCUT2D eigenvalue weighted by Gasteiger charge is 2.13. The second-order valence-corrected chi connectivity index (χ2v) is 4.96. The molecule has 4 aromatic rings. The number of amides is 1. The summed E-state index contributed by atoms with van der Waals surface area (Å²) in [6.45, 7) is 0. The normalized spacial score (nSPS) is 11.0. The van der Waals surface area contributed by atoms with E-state index in [4.69, 9.17) is 5.53 Å². The molecule has 0 atom stereocenters. The van der Waals surface area contributed by atoms with E-state index in [9.17, 15) is 4.79 Å². The van der Waals surface area contributed by atoms with Crippen molar-refractivity contribution in [3.63, 3.8) is 0 Å². The van der Waals surface area contributed by atoms with E-state index in [0.29, 0.717) is 5.56 Å². The van der Waals surface area contributed by atoms with Crippen LogP contribution in [-0.2, 0) is 0 Å². The molecule has 0 heterocycles. The summed E-state index contributed by atoms with van der Waals surface area (Å²) in [5, 5.41) is 9.59. The molecule has 0 unspecified atom stereocenters. The molecule has 4 rings (SSSR count). The second-order valence-electron chi connectivity index (χ2n) is 4.96. The molecule has 21 heavy (non-hydrogen) atoms. The van der Waals surface area contributed by atoms with Crippen molar-refractivity contribution >= 4 is 38.2 Å². The van der Waals surface area contributed by atoms with Crippen LogP contribution in [0.15, 0.2) is 59.7 Å². The van der Waals surface area contributed by atoms with Gasteiger partial charge in [-0.15, -0.1) is 0 Å². The van der Waals surface area contributed by atoms with Crippen LogP contribution in [0.25, 0.3) is 42.8 Å². The lowest BCUT2D eigenvalue weighted by molar-refractivity contribution is 0.100. The molecule has 0 aliphatic carbocycles. The van der Waals surface area contributed by atoms with Crippen molar-refractivity contribution in [3.8, 4) is 0 Å². The smallest absolute Gasteiger partial charge is 0.249 e. The Morgan fingerprint density at radius 2 is 1.48 bits per heavy atom. The van der Waals surface area contributed by atoms with Crippen molar-refractivity contribution in [1.82, 2.24) is 0 Å². The first-order valence-corrected chi connectivity index (χ1v) is 6.55. The van der Waals surface area contributed by atoms with Gasteiger partial charge in [-0.1, -0.05) is 48.5 Å². The van der Waals surface area contributed by atoms with E-state index >= 15 is 0 Å². The van der Waals surface area contributed by atoms with Gasteiger partial charge in [0.2, 0.25) is 5.91 Å². The predicted octanol–water partition coefficient (Wildman–Crippen LogP) is 5.03. The molecular formula is C17H9N3O. The average Bonchev–Trinajstić information content (AvgIpc) is 2.52. The average molecular weight is 271 g/mol. The minimum Gasteiger partial charge on any atom is -0.287 e. The van der Waals surface area contributed by atoms with Crippen molar-refractivity contribution in [2.75, 3.05) is 0 Å². The molecule has 0 aliphatic rings. The molecule has 0 radical (unpaired) electrons. The Morgan fingerprint density at radius 1 is 0.857 bits per heavy atom. The van der Waals surface area contributed by atoms with Crippen molar-refractivity contribution < 1.29 is 4.79 Å². The van der Waals surface area contributed by atoms with E-state index in [2.05, 4.69) is 28.2 Å². The summed E-state index contributed by atoms with van der Waals surface area (Å²) in [5.74, 6) is -0.546. The Kier molecular flexibility index (Phi) is 2.34. The molecule has 0 bridgehead atoms. The lowest BCUT2D eigenvalue weighted by Gasteiger charge is -2.12. The number of nitrogens with zero attached hydrogens (tertiary/aromatic N) is 3. The van der Waals surface area contributed by atoms with Crippen LogP contribution in [0, 0.1) is 0 Å². The molecule has 0 fully saturated rings. The maximum atomic E-state index is 12.0. The summed E-state index contributed by atoms with van der Waals surface area (Å²) in [7, 11) is 0. The summed E-state index contributed by atoms with van der Waals surface area (Å²) in [4.78, 5) is 14.6. The third-order valence-electron chi connectivity index (χ3n) is 3.89. The number of carbonyl (C=O) groups is 1. The van der Waals surface area contributed by atoms with Crippen LogP contribution >= 0.6 is 0 Å². The van der Waals surface area contributed by atoms with E-state index in [-0.39, 0.29) is 0 Å². The van der Waals surface area contributed by atoms with Crippen molar-refractivity contribution in [3.05, 3.63) is 70.6 Å². The maximum Gasteiger partial charge on any atom is 0.249 e. The topological polar surface area (TPSA) is 65.8 Å². The first kappa shape index (κ1) is 11.7. The maximum absolute atomic E-state index is 12.0. The summed E-state index contributed by atoms with van der Waals surface area (Å²) < 4.78 is 0.